The molecule has 0 heterocycles. The summed E-state index contributed by atoms with van der Waals surface area (Å²) in [6, 6.07) is 38.6. The zero-order valence-corrected chi connectivity index (χ0v) is 16.4. The van der Waals surface area contributed by atoms with Gasteiger partial charge in [0.05, 0.1) is 0 Å². The van der Waals surface area contributed by atoms with Crippen molar-refractivity contribution >= 4 is 43.1 Å². The Hall–Kier alpha value is -4.08. The quantitative estimate of drug-likeness (QED) is 0.188. The van der Waals surface area contributed by atoms with Gasteiger partial charge in [0.25, 0.3) is 0 Å². The average molecular weight is 378 g/mol. The van der Waals surface area contributed by atoms with Crippen LogP contribution in [0.25, 0.3) is 43.1 Å². The Kier molecular flexibility index (Phi) is 3.79. The summed E-state index contributed by atoms with van der Waals surface area (Å²) in [5.41, 5.74) is 2.10. The molecule has 0 aromatic heterocycles. The number of hydrogen-bond donors (Lipinski definition) is 0. The van der Waals surface area contributed by atoms with Crippen molar-refractivity contribution in [3.05, 3.63) is 120 Å². The van der Waals surface area contributed by atoms with E-state index in [9.17, 15) is 0 Å². The van der Waals surface area contributed by atoms with E-state index in [1.54, 1.807) is 0 Å². The van der Waals surface area contributed by atoms with E-state index in [1.807, 2.05) is 18.2 Å². The summed E-state index contributed by atoms with van der Waals surface area (Å²) in [4.78, 5) is 0. The fourth-order valence-corrected chi connectivity index (χ4v) is 4.45. The van der Waals surface area contributed by atoms with Crippen molar-refractivity contribution in [2.75, 3.05) is 0 Å². The smallest absolute Gasteiger partial charge is 0.0334 e. The van der Waals surface area contributed by atoms with Crippen LogP contribution in [-0.4, -0.2) is 0 Å². The van der Waals surface area contributed by atoms with Crippen molar-refractivity contribution in [2.24, 2.45) is 0 Å². The van der Waals surface area contributed by atoms with Crippen molar-refractivity contribution in [1.29, 1.82) is 0 Å². The van der Waals surface area contributed by atoms with Crippen LogP contribution >= 0.6 is 0 Å². The van der Waals surface area contributed by atoms with E-state index in [2.05, 4.69) is 103 Å². The van der Waals surface area contributed by atoms with Gasteiger partial charge in [-0.1, -0.05) is 103 Å². The maximum atomic E-state index is 3.46. The minimum absolute atomic E-state index is 1.03. The average Bonchev–Trinajstić information content (AvgIpc) is 2.82. The first kappa shape index (κ1) is 16.8. The Morgan fingerprint density at radius 1 is 0.400 bits per heavy atom. The Morgan fingerprint density at radius 3 is 1.77 bits per heavy atom. The largest absolute Gasteiger partial charge is 0.0622 e. The van der Waals surface area contributed by atoms with Gasteiger partial charge in [-0.15, -0.1) is 0 Å². The van der Waals surface area contributed by atoms with Gasteiger partial charge in [-0.2, -0.15) is 0 Å². The van der Waals surface area contributed by atoms with E-state index in [0.29, 0.717) is 0 Å². The van der Waals surface area contributed by atoms with E-state index >= 15 is 0 Å². The molecule has 6 rings (SSSR count). The fraction of sp³-hybridized carbons (Fsp3) is 0. The highest BCUT2D eigenvalue weighted by Gasteiger charge is 2.11. The summed E-state index contributed by atoms with van der Waals surface area (Å²) in [5, 5.41) is 10.1. The second-order valence-electron chi connectivity index (χ2n) is 7.63. The van der Waals surface area contributed by atoms with Crippen molar-refractivity contribution in [1.82, 2.24) is 0 Å². The van der Waals surface area contributed by atoms with Crippen LogP contribution in [-0.2, 0) is 0 Å². The summed E-state index contributed by atoms with van der Waals surface area (Å²) in [5.74, 6) is 6.81. The monoisotopic (exact) mass is 378 g/mol. The molecule has 30 heavy (non-hydrogen) atoms. The van der Waals surface area contributed by atoms with Crippen molar-refractivity contribution < 1.29 is 0 Å². The molecule has 0 saturated carbocycles. The summed E-state index contributed by atoms with van der Waals surface area (Å²) in [7, 11) is 0. The molecule has 0 amide bonds. The van der Waals surface area contributed by atoms with E-state index < -0.39 is 0 Å². The number of hydrogen-bond acceptors (Lipinski definition) is 0. The molecule has 0 radical (unpaired) electrons. The van der Waals surface area contributed by atoms with Gasteiger partial charge in [0.15, 0.2) is 0 Å². The Bertz CT molecular complexity index is 1630. The molecule has 138 valence electrons. The normalized spacial score (nSPS) is 11.1. The fourth-order valence-electron chi connectivity index (χ4n) is 4.45. The Morgan fingerprint density at radius 2 is 1.00 bits per heavy atom. The number of fused-ring (bicyclic) bond motifs is 7. The van der Waals surface area contributed by atoms with Crippen molar-refractivity contribution in [3.63, 3.8) is 0 Å². The van der Waals surface area contributed by atoms with Crippen LogP contribution in [0.1, 0.15) is 11.1 Å². The molecule has 0 bridgehead atoms. The SMILES string of the molecule is C(#Cc1cc2ccc3ccccc3c2c2c1ccc1ccccc12)c1ccccc1. The lowest BCUT2D eigenvalue weighted by molar-refractivity contribution is 1.65. The standard InChI is InChI=1S/C30H18/c1-2-8-21(9-3-1)14-15-24-20-25-17-16-22-10-4-6-12-26(22)29(25)30-27-13-7-5-11-23(27)18-19-28(24)30/h1-13,16-20H. The molecule has 0 atom stereocenters. The van der Waals surface area contributed by atoms with Gasteiger partial charge in [-0.05, 0) is 61.3 Å². The molecule has 6 aromatic rings. The first-order valence-electron chi connectivity index (χ1n) is 10.2. The minimum Gasteiger partial charge on any atom is -0.0622 e. The van der Waals surface area contributed by atoms with Gasteiger partial charge in [0.1, 0.15) is 0 Å². The third-order valence-corrected chi connectivity index (χ3v) is 5.85. The second kappa shape index (κ2) is 6.76. The van der Waals surface area contributed by atoms with Crippen LogP contribution in [0, 0.1) is 11.8 Å². The first-order chi connectivity index (χ1) is 14.9. The lowest BCUT2D eigenvalue weighted by atomic mass is 9.90. The van der Waals surface area contributed by atoms with Crippen LogP contribution in [0.4, 0.5) is 0 Å². The molecular weight excluding hydrogens is 360 g/mol. The van der Waals surface area contributed by atoms with E-state index in [-0.39, 0.29) is 0 Å². The summed E-state index contributed by atoms with van der Waals surface area (Å²) < 4.78 is 0. The molecule has 0 aliphatic rings. The number of rotatable bonds is 0. The summed E-state index contributed by atoms with van der Waals surface area (Å²) in [6.07, 6.45) is 0. The molecule has 0 unspecified atom stereocenters. The molecule has 0 fully saturated rings. The maximum absolute atomic E-state index is 3.46. The third-order valence-electron chi connectivity index (χ3n) is 5.85. The van der Waals surface area contributed by atoms with Crippen LogP contribution in [0.3, 0.4) is 0 Å². The maximum Gasteiger partial charge on any atom is 0.0334 e. The minimum atomic E-state index is 1.03. The summed E-state index contributed by atoms with van der Waals surface area (Å²) >= 11 is 0. The van der Waals surface area contributed by atoms with Gasteiger partial charge >= 0.3 is 0 Å². The second-order valence-corrected chi connectivity index (χ2v) is 7.63. The van der Waals surface area contributed by atoms with E-state index in [0.717, 1.165) is 11.1 Å². The van der Waals surface area contributed by atoms with Crippen LogP contribution in [0.5, 0.6) is 0 Å². The van der Waals surface area contributed by atoms with Gasteiger partial charge in [-0.3, -0.25) is 0 Å². The third kappa shape index (κ3) is 2.65. The molecule has 6 aromatic carbocycles. The van der Waals surface area contributed by atoms with Gasteiger partial charge < -0.3 is 0 Å². The predicted molar refractivity (Wildman–Crippen MR) is 129 cm³/mol. The van der Waals surface area contributed by atoms with Gasteiger partial charge in [0, 0.05) is 11.1 Å². The summed E-state index contributed by atoms with van der Waals surface area (Å²) in [6.45, 7) is 0. The molecule has 0 aliphatic carbocycles. The zero-order valence-electron chi connectivity index (χ0n) is 16.4. The predicted octanol–water partition coefficient (Wildman–Crippen LogP) is 7.70. The highest BCUT2D eigenvalue weighted by atomic mass is 14.1. The molecule has 0 heteroatoms. The molecular formula is C30H18. The molecule has 0 spiro atoms. The first-order valence-corrected chi connectivity index (χ1v) is 10.2. The van der Waals surface area contributed by atoms with E-state index in [4.69, 9.17) is 0 Å². The van der Waals surface area contributed by atoms with Crippen molar-refractivity contribution in [3.8, 4) is 11.8 Å². The van der Waals surface area contributed by atoms with Gasteiger partial charge in [0.2, 0.25) is 0 Å². The molecule has 0 N–H and O–H groups in total. The lowest BCUT2D eigenvalue weighted by Gasteiger charge is -2.13. The Labute approximate surface area is 175 Å². The van der Waals surface area contributed by atoms with Crippen molar-refractivity contribution in [2.45, 2.75) is 0 Å². The highest BCUT2D eigenvalue weighted by molar-refractivity contribution is 6.28. The van der Waals surface area contributed by atoms with Gasteiger partial charge in [-0.25, -0.2) is 0 Å². The van der Waals surface area contributed by atoms with E-state index in [1.165, 1.54) is 43.1 Å². The number of benzene rings is 6. The highest BCUT2D eigenvalue weighted by Crippen LogP contribution is 2.38. The van der Waals surface area contributed by atoms with Crippen LogP contribution in [0.2, 0.25) is 0 Å². The molecule has 0 saturated heterocycles. The lowest BCUT2D eigenvalue weighted by Crippen LogP contribution is -1.88. The zero-order chi connectivity index (χ0) is 19.9. The topological polar surface area (TPSA) is 0 Å². The molecule has 0 aliphatic heterocycles. The Balaban J connectivity index is 1.80. The van der Waals surface area contributed by atoms with Crippen LogP contribution in [0.15, 0.2) is 109 Å². The molecule has 0 nitrogen and oxygen atoms in total. The van der Waals surface area contributed by atoms with Crippen LogP contribution < -0.4 is 0 Å².